The SMILES string of the molecule is CC(C)(C)c1ccc2ccc3c(N(c4cc5ccccc5n4-c4ccccc4)c4cc5ccccc5n4-c4ccccc4)ccc4ccc1c2c43. The third-order valence-corrected chi connectivity index (χ3v) is 10.6. The smallest absolute Gasteiger partial charge is 0.124 e. The van der Waals surface area contributed by atoms with E-state index in [9.17, 15) is 0 Å². The second-order valence-corrected chi connectivity index (χ2v) is 14.7. The lowest BCUT2D eigenvalue weighted by Gasteiger charge is -2.30. The van der Waals surface area contributed by atoms with Gasteiger partial charge in [-0.2, -0.15) is 0 Å². The van der Waals surface area contributed by atoms with Crippen molar-refractivity contribution in [1.29, 1.82) is 0 Å². The van der Waals surface area contributed by atoms with Gasteiger partial charge in [0.25, 0.3) is 0 Å². The van der Waals surface area contributed by atoms with Gasteiger partial charge in [-0.3, -0.25) is 14.0 Å². The number of fused-ring (bicyclic) bond motifs is 2. The molecule has 2 aromatic heterocycles. The largest absolute Gasteiger partial charge is 0.295 e. The minimum Gasteiger partial charge on any atom is -0.295 e. The first-order chi connectivity index (χ1) is 25.0. The molecule has 0 aliphatic rings. The molecule has 0 amide bonds. The lowest BCUT2D eigenvalue weighted by Crippen LogP contribution is -2.17. The van der Waals surface area contributed by atoms with E-state index in [1.165, 1.54) is 59.7 Å². The Hall–Kier alpha value is -6.32. The molecule has 0 unspecified atom stereocenters. The molecule has 0 saturated carbocycles. The van der Waals surface area contributed by atoms with Gasteiger partial charge >= 0.3 is 0 Å². The fourth-order valence-electron chi connectivity index (χ4n) is 8.31. The van der Waals surface area contributed by atoms with E-state index in [1.807, 2.05) is 0 Å². The molecule has 0 saturated heterocycles. The number of hydrogen-bond donors (Lipinski definition) is 0. The lowest BCUT2D eigenvalue weighted by atomic mass is 9.81. The van der Waals surface area contributed by atoms with E-state index >= 15 is 0 Å². The zero-order valence-corrected chi connectivity index (χ0v) is 29.0. The van der Waals surface area contributed by atoms with E-state index in [-0.39, 0.29) is 5.41 Å². The molecular weight excluding hydrogens is 619 g/mol. The number of benzene rings is 8. The number of nitrogens with zero attached hydrogens (tertiary/aromatic N) is 3. The van der Waals surface area contributed by atoms with Crippen molar-refractivity contribution in [1.82, 2.24) is 9.13 Å². The van der Waals surface area contributed by atoms with Crippen LogP contribution in [0.5, 0.6) is 0 Å². The monoisotopic (exact) mass is 655 g/mol. The minimum atomic E-state index is 0.0183. The van der Waals surface area contributed by atoms with Gasteiger partial charge in [-0.05, 0) is 92.5 Å². The highest BCUT2D eigenvalue weighted by molar-refractivity contribution is 6.26. The Kier molecular flexibility index (Phi) is 6.44. The Morgan fingerprint density at radius 1 is 0.412 bits per heavy atom. The quantitative estimate of drug-likeness (QED) is 0.168. The first kappa shape index (κ1) is 29.6. The van der Waals surface area contributed by atoms with Crippen molar-refractivity contribution >= 4 is 71.4 Å². The zero-order chi connectivity index (χ0) is 34.3. The predicted octanol–water partition coefficient (Wildman–Crippen LogP) is 13.2. The molecule has 0 aliphatic heterocycles. The molecule has 244 valence electrons. The molecule has 10 rings (SSSR count). The maximum Gasteiger partial charge on any atom is 0.124 e. The second-order valence-electron chi connectivity index (χ2n) is 14.7. The molecule has 8 aromatic carbocycles. The average Bonchev–Trinajstić information content (AvgIpc) is 3.73. The van der Waals surface area contributed by atoms with Gasteiger partial charge in [0.15, 0.2) is 0 Å². The van der Waals surface area contributed by atoms with E-state index in [1.54, 1.807) is 0 Å². The van der Waals surface area contributed by atoms with Crippen LogP contribution in [0.25, 0.3) is 65.5 Å². The highest BCUT2D eigenvalue weighted by Gasteiger charge is 2.27. The van der Waals surface area contributed by atoms with Gasteiger partial charge < -0.3 is 0 Å². The van der Waals surface area contributed by atoms with Crippen LogP contribution in [-0.4, -0.2) is 9.13 Å². The van der Waals surface area contributed by atoms with Gasteiger partial charge in [0, 0.05) is 27.5 Å². The number of aromatic nitrogens is 2. The highest BCUT2D eigenvalue weighted by Crippen LogP contribution is 2.48. The number of hydrogen-bond acceptors (Lipinski definition) is 1. The van der Waals surface area contributed by atoms with Crippen LogP contribution in [0.2, 0.25) is 0 Å². The molecule has 0 bridgehead atoms. The van der Waals surface area contributed by atoms with E-state index in [4.69, 9.17) is 0 Å². The molecule has 10 aromatic rings. The topological polar surface area (TPSA) is 13.1 Å². The molecule has 51 heavy (non-hydrogen) atoms. The first-order valence-electron chi connectivity index (χ1n) is 17.8. The van der Waals surface area contributed by atoms with Gasteiger partial charge in [0.1, 0.15) is 11.6 Å². The van der Waals surface area contributed by atoms with E-state index < -0.39 is 0 Å². The summed E-state index contributed by atoms with van der Waals surface area (Å²) in [5.74, 6) is 2.15. The maximum absolute atomic E-state index is 2.50. The molecule has 0 N–H and O–H groups in total. The normalized spacial score (nSPS) is 12.2. The number of para-hydroxylation sites is 4. The summed E-state index contributed by atoms with van der Waals surface area (Å²) in [6, 6.07) is 62.3. The maximum atomic E-state index is 2.50. The summed E-state index contributed by atoms with van der Waals surface area (Å²) < 4.78 is 4.83. The van der Waals surface area contributed by atoms with Gasteiger partial charge in [-0.25, -0.2) is 0 Å². The van der Waals surface area contributed by atoms with E-state index in [0.717, 1.165) is 28.7 Å². The van der Waals surface area contributed by atoms with Crippen LogP contribution < -0.4 is 4.90 Å². The molecule has 0 radical (unpaired) electrons. The molecule has 0 atom stereocenters. The Morgan fingerprint density at radius 2 is 0.863 bits per heavy atom. The van der Waals surface area contributed by atoms with Crippen molar-refractivity contribution in [2.75, 3.05) is 4.90 Å². The van der Waals surface area contributed by atoms with Crippen LogP contribution in [0.15, 0.2) is 170 Å². The second kappa shape index (κ2) is 11.1. The summed E-state index contributed by atoms with van der Waals surface area (Å²) in [5, 5.41) is 10.1. The van der Waals surface area contributed by atoms with Gasteiger partial charge in [-0.1, -0.05) is 136 Å². The van der Waals surface area contributed by atoms with Gasteiger partial charge in [-0.15, -0.1) is 0 Å². The number of anilines is 3. The first-order valence-corrected chi connectivity index (χ1v) is 17.8. The minimum absolute atomic E-state index is 0.0183. The summed E-state index contributed by atoms with van der Waals surface area (Å²) in [6.07, 6.45) is 0. The van der Waals surface area contributed by atoms with Crippen LogP contribution in [0.3, 0.4) is 0 Å². The third-order valence-electron chi connectivity index (χ3n) is 10.6. The zero-order valence-electron chi connectivity index (χ0n) is 29.0. The number of rotatable bonds is 5. The van der Waals surface area contributed by atoms with Crippen LogP contribution in [0, 0.1) is 0 Å². The molecule has 3 nitrogen and oxygen atoms in total. The van der Waals surface area contributed by atoms with E-state index in [0.29, 0.717) is 0 Å². The van der Waals surface area contributed by atoms with Crippen molar-refractivity contribution < 1.29 is 0 Å². The van der Waals surface area contributed by atoms with Crippen molar-refractivity contribution in [3.05, 3.63) is 175 Å². The molecule has 0 fully saturated rings. The van der Waals surface area contributed by atoms with Gasteiger partial charge in [0.2, 0.25) is 0 Å². The average molecular weight is 656 g/mol. The third kappa shape index (κ3) is 4.51. The van der Waals surface area contributed by atoms with Crippen LogP contribution in [0.1, 0.15) is 26.3 Å². The summed E-state index contributed by atoms with van der Waals surface area (Å²) in [4.78, 5) is 2.50. The lowest BCUT2D eigenvalue weighted by molar-refractivity contribution is 0.596. The Morgan fingerprint density at radius 3 is 1.41 bits per heavy atom. The predicted molar refractivity (Wildman–Crippen MR) is 217 cm³/mol. The Balaban J connectivity index is 1.37. The Labute approximate surface area is 297 Å². The fourth-order valence-corrected chi connectivity index (χ4v) is 8.31. The van der Waals surface area contributed by atoms with Crippen molar-refractivity contribution in [2.24, 2.45) is 0 Å². The van der Waals surface area contributed by atoms with Crippen LogP contribution >= 0.6 is 0 Å². The van der Waals surface area contributed by atoms with E-state index in [2.05, 4.69) is 205 Å². The van der Waals surface area contributed by atoms with Crippen molar-refractivity contribution in [3.8, 4) is 11.4 Å². The van der Waals surface area contributed by atoms with Crippen molar-refractivity contribution in [3.63, 3.8) is 0 Å². The van der Waals surface area contributed by atoms with Gasteiger partial charge in [0.05, 0.1) is 16.7 Å². The molecular formula is C48H37N3. The van der Waals surface area contributed by atoms with Crippen LogP contribution in [-0.2, 0) is 5.41 Å². The molecule has 0 spiro atoms. The molecule has 3 heteroatoms. The highest BCUT2D eigenvalue weighted by atomic mass is 15.3. The summed E-state index contributed by atoms with van der Waals surface area (Å²) in [7, 11) is 0. The summed E-state index contributed by atoms with van der Waals surface area (Å²) in [6.45, 7) is 6.95. The Bertz CT molecular complexity index is 2770. The fraction of sp³-hybridized carbons (Fsp3) is 0.0833. The standard InChI is InChI=1S/C48H37N3/c1-48(2,3)40-28-24-32-23-27-39-43(29-25-33-22-26-38(40)46(32)47(33)39)51(44-30-34-14-10-12-20-41(34)49(44)36-16-6-4-7-17-36)45-31-35-15-11-13-21-42(35)50(45)37-18-8-5-9-19-37/h4-31H,1-3H3. The van der Waals surface area contributed by atoms with Crippen molar-refractivity contribution in [2.45, 2.75) is 26.2 Å². The molecule has 2 heterocycles. The van der Waals surface area contributed by atoms with Crippen LogP contribution in [0.4, 0.5) is 17.3 Å². The summed E-state index contributed by atoms with van der Waals surface area (Å²) >= 11 is 0. The summed E-state index contributed by atoms with van der Waals surface area (Å²) in [5.41, 5.74) is 7.10. The molecule has 0 aliphatic carbocycles.